The summed E-state index contributed by atoms with van der Waals surface area (Å²) in [6.07, 6.45) is 0. The number of anilines is 1. The van der Waals surface area contributed by atoms with E-state index in [0.717, 1.165) is 0 Å². The van der Waals surface area contributed by atoms with Crippen molar-refractivity contribution in [2.45, 2.75) is 6.92 Å². The van der Waals surface area contributed by atoms with Crippen LogP contribution >= 0.6 is 23.2 Å². The molecule has 1 amide bonds. The van der Waals surface area contributed by atoms with E-state index in [2.05, 4.69) is 5.32 Å². The monoisotopic (exact) mass is 354 g/mol. The minimum absolute atomic E-state index is 0.148. The van der Waals surface area contributed by atoms with Gasteiger partial charge < -0.3 is 10.1 Å². The predicted octanol–water partition coefficient (Wildman–Crippen LogP) is 4.55. The molecule has 0 aromatic heterocycles. The molecular formula is C15H12Cl2N2O4. The van der Waals surface area contributed by atoms with E-state index in [-0.39, 0.29) is 16.3 Å². The van der Waals surface area contributed by atoms with Gasteiger partial charge in [0.05, 0.1) is 22.2 Å². The highest BCUT2D eigenvalue weighted by atomic mass is 35.5. The van der Waals surface area contributed by atoms with Crippen molar-refractivity contribution in [3.05, 3.63) is 62.1 Å². The van der Waals surface area contributed by atoms with Gasteiger partial charge in [0.1, 0.15) is 5.56 Å². The predicted molar refractivity (Wildman–Crippen MR) is 88.7 cm³/mol. The fourth-order valence-electron chi connectivity index (χ4n) is 1.94. The summed E-state index contributed by atoms with van der Waals surface area (Å²) in [6, 6.07) is 8.60. The second-order valence-electron chi connectivity index (χ2n) is 4.42. The van der Waals surface area contributed by atoms with Crippen LogP contribution < -0.4 is 10.1 Å². The fraction of sp³-hybridized carbons (Fsp3) is 0.133. The molecule has 0 saturated carbocycles. The third-order valence-electron chi connectivity index (χ3n) is 2.90. The van der Waals surface area contributed by atoms with E-state index in [0.29, 0.717) is 23.1 Å². The van der Waals surface area contributed by atoms with Gasteiger partial charge in [0.25, 0.3) is 11.6 Å². The van der Waals surface area contributed by atoms with E-state index >= 15 is 0 Å². The van der Waals surface area contributed by atoms with Gasteiger partial charge in [-0.1, -0.05) is 29.3 Å². The average molecular weight is 355 g/mol. The highest BCUT2D eigenvalue weighted by Gasteiger charge is 2.22. The fourth-order valence-corrected chi connectivity index (χ4v) is 2.34. The molecule has 0 atom stereocenters. The zero-order valence-corrected chi connectivity index (χ0v) is 13.5. The molecule has 6 nitrogen and oxygen atoms in total. The Bertz CT molecular complexity index is 765. The molecule has 120 valence electrons. The first-order chi connectivity index (χ1) is 10.9. The van der Waals surface area contributed by atoms with E-state index < -0.39 is 10.8 Å². The van der Waals surface area contributed by atoms with Crippen LogP contribution in [0.2, 0.25) is 10.0 Å². The maximum Gasteiger partial charge on any atom is 0.282 e. The molecule has 2 rings (SSSR count). The van der Waals surface area contributed by atoms with Crippen LogP contribution in [0, 0.1) is 10.1 Å². The SMILES string of the molecule is CCOc1c(Cl)cccc1NC(=O)c1cc(Cl)ccc1[N+](=O)[O-]. The van der Waals surface area contributed by atoms with Crippen LogP contribution in [-0.2, 0) is 0 Å². The van der Waals surface area contributed by atoms with Crippen LogP contribution in [0.5, 0.6) is 5.75 Å². The number of ether oxygens (including phenoxy) is 1. The van der Waals surface area contributed by atoms with Crippen LogP contribution in [0.1, 0.15) is 17.3 Å². The van der Waals surface area contributed by atoms with Gasteiger partial charge in [0, 0.05) is 11.1 Å². The topological polar surface area (TPSA) is 81.5 Å². The standard InChI is InChI=1S/C15H12Cl2N2O4/c1-2-23-14-11(17)4-3-5-12(14)18-15(20)10-8-9(16)6-7-13(10)19(21)22/h3-8H,2H2,1H3,(H,18,20). The number of hydrogen-bond donors (Lipinski definition) is 1. The van der Waals surface area contributed by atoms with Crippen molar-refractivity contribution >= 4 is 40.5 Å². The Hall–Kier alpha value is -2.31. The third-order valence-corrected chi connectivity index (χ3v) is 3.44. The first-order valence-corrected chi connectivity index (χ1v) is 7.36. The average Bonchev–Trinajstić information content (AvgIpc) is 2.50. The molecular weight excluding hydrogens is 343 g/mol. The van der Waals surface area contributed by atoms with Crippen molar-refractivity contribution in [2.24, 2.45) is 0 Å². The smallest absolute Gasteiger partial charge is 0.282 e. The highest BCUT2D eigenvalue weighted by molar-refractivity contribution is 6.33. The molecule has 0 aliphatic rings. The quantitative estimate of drug-likeness (QED) is 0.630. The van der Waals surface area contributed by atoms with Crippen molar-refractivity contribution in [1.29, 1.82) is 0 Å². The van der Waals surface area contributed by atoms with E-state index in [1.807, 2.05) is 0 Å². The zero-order chi connectivity index (χ0) is 17.0. The first-order valence-electron chi connectivity index (χ1n) is 6.60. The lowest BCUT2D eigenvalue weighted by Gasteiger charge is -2.13. The lowest BCUT2D eigenvalue weighted by Crippen LogP contribution is -2.15. The zero-order valence-electron chi connectivity index (χ0n) is 12.0. The van der Waals surface area contributed by atoms with Crippen molar-refractivity contribution in [3.8, 4) is 5.75 Å². The second-order valence-corrected chi connectivity index (χ2v) is 5.27. The number of nitrogens with one attached hydrogen (secondary N) is 1. The van der Waals surface area contributed by atoms with Gasteiger partial charge >= 0.3 is 0 Å². The van der Waals surface area contributed by atoms with Gasteiger partial charge in [0.2, 0.25) is 0 Å². The number of carbonyl (C=O) groups is 1. The number of benzene rings is 2. The molecule has 23 heavy (non-hydrogen) atoms. The van der Waals surface area contributed by atoms with Crippen molar-refractivity contribution in [3.63, 3.8) is 0 Å². The molecule has 0 aliphatic carbocycles. The van der Waals surface area contributed by atoms with Crippen molar-refractivity contribution < 1.29 is 14.5 Å². The Kier molecular flexibility index (Phi) is 5.41. The minimum atomic E-state index is -0.678. The Morgan fingerprint density at radius 3 is 2.70 bits per heavy atom. The normalized spacial score (nSPS) is 10.2. The van der Waals surface area contributed by atoms with Gasteiger partial charge in [-0.05, 0) is 31.2 Å². The molecule has 0 fully saturated rings. The number of carbonyl (C=O) groups excluding carboxylic acids is 1. The Labute approximate surface area is 142 Å². The van der Waals surface area contributed by atoms with Crippen LogP contribution in [0.25, 0.3) is 0 Å². The Balaban J connectivity index is 2.39. The molecule has 0 heterocycles. The molecule has 0 bridgehead atoms. The summed E-state index contributed by atoms with van der Waals surface area (Å²) in [5.41, 5.74) is -0.171. The Morgan fingerprint density at radius 2 is 2.04 bits per heavy atom. The summed E-state index contributed by atoms with van der Waals surface area (Å²) in [4.78, 5) is 22.8. The molecule has 2 aromatic rings. The van der Waals surface area contributed by atoms with E-state index in [1.165, 1.54) is 18.2 Å². The number of amides is 1. The Morgan fingerprint density at radius 1 is 1.30 bits per heavy atom. The summed E-state index contributed by atoms with van der Waals surface area (Å²) in [5, 5.41) is 14.2. The molecule has 8 heteroatoms. The number of para-hydroxylation sites is 1. The maximum atomic E-state index is 12.4. The minimum Gasteiger partial charge on any atom is -0.490 e. The molecule has 0 radical (unpaired) electrons. The number of halogens is 2. The first kappa shape index (κ1) is 17.1. The van der Waals surface area contributed by atoms with Crippen LogP contribution in [0.15, 0.2) is 36.4 Å². The summed E-state index contributed by atoms with van der Waals surface area (Å²) in [5.74, 6) is -0.378. The second kappa shape index (κ2) is 7.30. The summed E-state index contributed by atoms with van der Waals surface area (Å²) >= 11 is 11.9. The number of nitro benzene ring substituents is 1. The largest absolute Gasteiger partial charge is 0.490 e. The van der Waals surface area contributed by atoms with Gasteiger partial charge in [0.15, 0.2) is 5.75 Å². The molecule has 0 unspecified atom stereocenters. The van der Waals surface area contributed by atoms with Gasteiger partial charge in [-0.25, -0.2) is 0 Å². The summed E-state index contributed by atoms with van der Waals surface area (Å²) in [7, 11) is 0. The van der Waals surface area contributed by atoms with Gasteiger partial charge in [-0.3, -0.25) is 14.9 Å². The molecule has 2 aromatic carbocycles. The highest BCUT2D eigenvalue weighted by Crippen LogP contribution is 2.34. The summed E-state index contributed by atoms with van der Waals surface area (Å²) in [6.45, 7) is 2.13. The molecule has 0 saturated heterocycles. The lowest BCUT2D eigenvalue weighted by atomic mass is 10.1. The molecule has 0 aliphatic heterocycles. The maximum absolute atomic E-state index is 12.4. The summed E-state index contributed by atoms with van der Waals surface area (Å²) < 4.78 is 5.40. The number of nitrogens with zero attached hydrogens (tertiary/aromatic N) is 1. The van der Waals surface area contributed by atoms with E-state index in [1.54, 1.807) is 25.1 Å². The third kappa shape index (κ3) is 3.91. The van der Waals surface area contributed by atoms with Crippen LogP contribution in [-0.4, -0.2) is 17.4 Å². The number of rotatable bonds is 5. The van der Waals surface area contributed by atoms with Crippen molar-refractivity contribution in [2.75, 3.05) is 11.9 Å². The van der Waals surface area contributed by atoms with E-state index in [4.69, 9.17) is 27.9 Å². The number of nitro groups is 1. The van der Waals surface area contributed by atoms with Crippen LogP contribution in [0.4, 0.5) is 11.4 Å². The van der Waals surface area contributed by atoms with Crippen LogP contribution in [0.3, 0.4) is 0 Å². The van der Waals surface area contributed by atoms with Gasteiger partial charge in [-0.15, -0.1) is 0 Å². The molecule has 0 spiro atoms. The lowest BCUT2D eigenvalue weighted by molar-refractivity contribution is -0.385. The van der Waals surface area contributed by atoms with Crippen molar-refractivity contribution in [1.82, 2.24) is 0 Å². The van der Waals surface area contributed by atoms with E-state index in [9.17, 15) is 14.9 Å². The number of hydrogen-bond acceptors (Lipinski definition) is 4. The van der Waals surface area contributed by atoms with Gasteiger partial charge in [-0.2, -0.15) is 0 Å². The molecule has 1 N–H and O–H groups in total.